The number of amides is 1. The van der Waals surface area contributed by atoms with Gasteiger partial charge in [0.2, 0.25) is 0 Å². The van der Waals surface area contributed by atoms with Crippen LogP contribution in [0.1, 0.15) is 9.67 Å². The first kappa shape index (κ1) is 13.0. The summed E-state index contributed by atoms with van der Waals surface area (Å²) >= 11 is 1.26. The van der Waals surface area contributed by atoms with Gasteiger partial charge in [-0.15, -0.1) is 11.3 Å². The predicted octanol–water partition coefficient (Wildman–Crippen LogP) is 1.98. The zero-order chi connectivity index (χ0) is 14.1. The molecule has 1 fully saturated rings. The smallest absolute Gasteiger partial charge is 0.265 e. The molecule has 0 aliphatic carbocycles. The van der Waals surface area contributed by atoms with Crippen LogP contribution in [-0.4, -0.2) is 36.5 Å². The van der Waals surface area contributed by atoms with E-state index in [1.165, 1.54) is 23.5 Å². The highest BCUT2D eigenvalue weighted by molar-refractivity contribution is 7.20. The monoisotopic (exact) mass is 289 g/mol. The molecule has 0 saturated carbocycles. The molecule has 0 bridgehead atoms. The minimum Gasteiger partial charge on any atom is -0.319 e. The summed E-state index contributed by atoms with van der Waals surface area (Å²) in [5.74, 6) is -0.463. The van der Waals surface area contributed by atoms with E-state index in [1.807, 2.05) is 0 Å². The van der Waals surface area contributed by atoms with E-state index in [0.717, 1.165) is 10.1 Å². The maximum atomic E-state index is 13.2. The highest BCUT2D eigenvalue weighted by Gasteiger charge is 2.28. The molecule has 1 aromatic carbocycles. The van der Waals surface area contributed by atoms with Gasteiger partial charge in [0.25, 0.3) is 5.91 Å². The summed E-state index contributed by atoms with van der Waals surface area (Å²) in [4.78, 5) is 14.6. The van der Waals surface area contributed by atoms with Crippen molar-refractivity contribution in [2.45, 2.75) is 6.04 Å². The van der Waals surface area contributed by atoms with Crippen molar-refractivity contribution in [3.8, 4) is 6.07 Å². The van der Waals surface area contributed by atoms with Crippen molar-refractivity contribution in [1.29, 1.82) is 5.26 Å². The van der Waals surface area contributed by atoms with Gasteiger partial charge in [-0.05, 0) is 23.6 Å². The third kappa shape index (κ3) is 2.26. The van der Waals surface area contributed by atoms with Crippen LogP contribution in [0.25, 0.3) is 10.1 Å². The molecule has 1 atom stereocenters. The fraction of sp³-hybridized carbons (Fsp3) is 0.286. The number of carbonyl (C=O) groups excluding carboxylic acids is 1. The molecule has 3 rings (SSSR count). The fourth-order valence-corrected chi connectivity index (χ4v) is 3.36. The van der Waals surface area contributed by atoms with Crippen molar-refractivity contribution in [3.63, 3.8) is 0 Å². The lowest BCUT2D eigenvalue weighted by atomic mass is 10.2. The molecule has 1 N–H and O–H groups in total. The van der Waals surface area contributed by atoms with E-state index < -0.39 is 6.04 Å². The topological polar surface area (TPSA) is 56.1 Å². The molecule has 4 nitrogen and oxygen atoms in total. The van der Waals surface area contributed by atoms with Crippen LogP contribution in [0.15, 0.2) is 24.3 Å². The summed E-state index contributed by atoms with van der Waals surface area (Å²) in [5.41, 5.74) is 0. The normalized spacial score (nSPS) is 19.0. The molecule has 102 valence electrons. The van der Waals surface area contributed by atoms with E-state index in [2.05, 4.69) is 11.4 Å². The minimum atomic E-state index is -0.446. The molecule has 2 heterocycles. The number of nitriles is 1. The van der Waals surface area contributed by atoms with Crippen molar-refractivity contribution in [2.24, 2.45) is 0 Å². The number of hydrogen-bond acceptors (Lipinski definition) is 4. The number of nitrogens with one attached hydrogen (secondary N) is 1. The highest BCUT2D eigenvalue weighted by Crippen LogP contribution is 2.27. The van der Waals surface area contributed by atoms with Crippen LogP contribution in [0.5, 0.6) is 0 Å². The number of benzene rings is 1. The van der Waals surface area contributed by atoms with Crippen LogP contribution in [0.3, 0.4) is 0 Å². The molecular formula is C14H12FN3OS. The molecule has 1 aliphatic heterocycles. The van der Waals surface area contributed by atoms with E-state index in [0.29, 0.717) is 24.5 Å². The second-order valence-electron chi connectivity index (χ2n) is 4.64. The number of halogens is 1. The number of piperazine rings is 1. The number of nitrogens with zero attached hydrogens (tertiary/aromatic N) is 2. The van der Waals surface area contributed by atoms with Gasteiger partial charge in [0.15, 0.2) is 0 Å². The third-order valence-corrected chi connectivity index (χ3v) is 4.43. The van der Waals surface area contributed by atoms with E-state index in [4.69, 9.17) is 5.26 Å². The Morgan fingerprint density at radius 3 is 3.15 bits per heavy atom. The Kier molecular flexibility index (Phi) is 3.38. The van der Waals surface area contributed by atoms with E-state index in [9.17, 15) is 9.18 Å². The molecular weight excluding hydrogens is 277 g/mol. The molecule has 0 radical (unpaired) electrons. The van der Waals surface area contributed by atoms with Gasteiger partial charge in [0, 0.05) is 24.3 Å². The zero-order valence-electron chi connectivity index (χ0n) is 10.6. The van der Waals surface area contributed by atoms with Gasteiger partial charge >= 0.3 is 0 Å². The number of rotatable bonds is 1. The molecule has 20 heavy (non-hydrogen) atoms. The number of carbonyl (C=O) groups is 1. The molecule has 1 saturated heterocycles. The van der Waals surface area contributed by atoms with Crippen LogP contribution in [0.2, 0.25) is 0 Å². The first-order valence-electron chi connectivity index (χ1n) is 6.29. The lowest BCUT2D eigenvalue weighted by Crippen LogP contribution is -2.52. The van der Waals surface area contributed by atoms with Crippen LogP contribution < -0.4 is 5.32 Å². The van der Waals surface area contributed by atoms with Gasteiger partial charge in [-0.25, -0.2) is 4.39 Å². The van der Waals surface area contributed by atoms with Crippen LogP contribution >= 0.6 is 11.3 Å². The second-order valence-corrected chi connectivity index (χ2v) is 5.72. The summed E-state index contributed by atoms with van der Waals surface area (Å²) in [5, 5.41) is 13.0. The maximum Gasteiger partial charge on any atom is 0.265 e. The standard InChI is InChI=1S/C14H12FN3OS/c15-10-2-1-9-5-13(20-12(9)6-10)14(19)18-4-3-17-8-11(18)7-16/h1-2,5-6,11,17H,3-4,8H2. The molecule has 1 aliphatic rings. The van der Waals surface area contributed by atoms with Gasteiger partial charge in [-0.2, -0.15) is 5.26 Å². The van der Waals surface area contributed by atoms with Crippen molar-refractivity contribution in [2.75, 3.05) is 19.6 Å². The van der Waals surface area contributed by atoms with E-state index in [1.54, 1.807) is 17.0 Å². The fourth-order valence-electron chi connectivity index (χ4n) is 2.31. The first-order chi connectivity index (χ1) is 9.69. The quantitative estimate of drug-likeness (QED) is 0.873. The van der Waals surface area contributed by atoms with Crippen molar-refractivity contribution in [3.05, 3.63) is 35.0 Å². The number of fused-ring (bicyclic) bond motifs is 1. The summed E-state index contributed by atoms with van der Waals surface area (Å²) in [6.45, 7) is 1.69. The lowest BCUT2D eigenvalue weighted by molar-refractivity contribution is 0.0692. The largest absolute Gasteiger partial charge is 0.319 e. The summed E-state index contributed by atoms with van der Waals surface area (Å²) in [6, 6.07) is 7.92. The molecule has 1 unspecified atom stereocenters. The lowest BCUT2D eigenvalue weighted by Gasteiger charge is -2.31. The zero-order valence-corrected chi connectivity index (χ0v) is 11.4. The van der Waals surface area contributed by atoms with Gasteiger partial charge < -0.3 is 10.2 Å². The Labute approximate surface area is 119 Å². The Balaban J connectivity index is 1.93. The van der Waals surface area contributed by atoms with E-state index >= 15 is 0 Å². The Bertz CT molecular complexity index is 706. The average molecular weight is 289 g/mol. The van der Waals surface area contributed by atoms with Crippen LogP contribution in [-0.2, 0) is 0 Å². The first-order valence-corrected chi connectivity index (χ1v) is 7.11. The molecule has 1 aromatic heterocycles. The summed E-state index contributed by atoms with van der Waals surface area (Å²) in [6.07, 6.45) is 0. The summed E-state index contributed by atoms with van der Waals surface area (Å²) in [7, 11) is 0. The van der Waals surface area contributed by atoms with Crippen LogP contribution in [0, 0.1) is 17.1 Å². The van der Waals surface area contributed by atoms with Crippen molar-refractivity contribution < 1.29 is 9.18 Å². The van der Waals surface area contributed by atoms with Crippen molar-refractivity contribution in [1.82, 2.24) is 10.2 Å². The van der Waals surface area contributed by atoms with E-state index in [-0.39, 0.29) is 11.7 Å². The highest BCUT2D eigenvalue weighted by atomic mass is 32.1. The summed E-state index contributed by atoms with van der Waals surface area (Å²) < 4.78 is 13.9. The Morgan fingerprint density at radius 1 is 1.50 bits per heavy atom. The van der Waals surface area contributed by atoms with Gasteiger partial charge in [0.1, 0.15) is 11.9 Å². The average Bonchev–Trinajstić information content (AvgIpc) is 2.89. The molecule has 6 heteroatoms. The van der Waals surface area contributed by atoms with Crippen molar-refractivity contribution >= 4 is 27.3 Å². The Morgan fingerprint density at radius 2 is 2.35 bits per heavy atom. The SMILES string of the molecule is N#CC1CNCCN1C(=O)c1cc2ccc(F)cc2s1. The Hall–Kier alpha value is -1.97. The van der Waals surface area contributed by atoms with Gasteiger partial charge in [-0.1, -0.05) is 6.07 Å². The van der Waals surface area contributed by atoms with Gasteiger partial charge in [-0.3, -0.25) is 4.79 Å². The predicted molar refractivity (Wildman–Crippen MR) is 75.1 cm³/mol. The maximum absolute atomic E-state index is 13.2. The minimum absolute atomic E-state index is 0.153. The van der Waals surface area contributed by atoms with Crippen LogP contribution in [0.4, 0.5) is 4.39 Å². The number of thiophene rings is 1. The third-order valence-electron chi connectivity index (χ3n) is 3.35. The molecule has 2 aromatic rings. The second kappa shape index (κ2) is 5.19. The van der Waals surface area contributed by atoms with Gasteiger partial charge in [0.05, 0.1) is 10.9 Å². The molecule has 1 amide bonds. The molecule has 0 spiro atoms. The number of hydrogen-bond donors (Lipinski definition) is 1.